The number of piperidine rings is 1. The Morgan fingerprint density at radius 3 is 2.44 bits per heavy atom. The molecule has 0 saturated carbocycles. The Labute approximate surface area is 143 Å². The van der Waals surface area contributed by atoms with E-state index in [0.717, 1.165) is 4.90 Å². The fourth-order valence-corrected chi connectivity index (χ4v) is 3.42. The molecule has 25 heavy (non-hydrogen) atoms. The molecule has 2 aliphatic rings. The number of imide groups is 1. The average Bonchev–Trinajstić information content (AvgIpc) is 2.89. The van der Waals surface area contributed by atoms with E-state index in [0.29, 0.717) is 25.9 Å². The van der Waals surface area contributed by atoms with Crippen LogP contribution in [0.2, 0.25) is 0 Å². The van der Waals surface area contributed by atoms with Crippen molar-refractivity contribution < 1.29 is 24.4 Å². The van der Waals surface area contributed by atoms with E-state index in [1.165, 1.54) is 24.3 Å². The first-order valence-corrected chi connectivity index (χ1v) is 7.97. The van der Waals surface area contributed by atoms with Gasteiger partial charge in [-0.15, -0.1) is 0 Å². The predicted molar refractivity (Wildman–Crippen MR) is 85.9 cm³/mol. The Balaban J connectivity index is 1.80. The van der Waals surface area contributed by atoms with Gasteiger partial charge in [0.1, 0.15) is 5.69 Å². The van der Waals surface area contributed by atoms with E-state index in [2.05, 4.69) is 0 Å². The molecule has 1 aromatic rings. The van der Waals surface area contributed by atoms with Crippen LogP contribution in [0.5, 0.6) is 0 Å². The van der Waals surface area contributed by atoms with E-state index >= 15 is 0 Å². The summed E-state index contributed by atoms with van der Waals surface area (Å²) in [6, 6.07) is 4.95. The Morgan fingerprint density at radius 1 is 1.20 bits per heavy atom. The molecule has 1 aromatic carbocycles. The van der Waals surface area contributed by atoms with Crippen molar-refractivity contribution in [3.05, 3.63) is 34.4 Å². The van der Waals surface area contributed by atoms with Gasteiger partial charge < -0.3 is 5.11 Å². The molecule has 0 radical (unpaired) electrons. The van der Waals surface area contributed by atoms with Gasteiger partial charge in [0.2, 0.25) is 5.91 Å². The number of anilines is 1. The van der Waals surface area contributed by atoms with Gasteiger partial charge in [-0.25, -0.2) is 4.90 Å². The minimum Gasteiger partial charge on any atom is -0.481 e. The van der Waals surface area contributed by atoms with Crippen LogP contribution in [0.1, 0.15) is 19.3 Å². The number of nitro groups is 1. The van der Waals surface area contributed by atoms with Crippen LogP contribution in [0, 0.1) is 16.0 Å². The van der Waals surface area contributed by atoms with E-state index in [1.807, 2.05) is 0 Å². The number of para-hydroxylation sites is 2. The van der Waals surface area contributed by atoms with Crippen molar-refractivity contribution in [3.8, 4) is 0 Å². The van der Waals surface area contributed by atoms with Gasteiger partial charge in [-0.2, -0.15) is 0 Å². The molecule has 132 valence electrons. The first-order valence-electron chi connectivity index (χ1n) is 7.97. The number of carboxylic acids is 1. The average molecular weight is 347 g/mol. The summed E-state index contributed by atoms with van der Waals surface area (Å²) in [5, 5.41) is 20.2. The third-order valence-corrected chi connectivity index (χ3v) is 4.76. The number of carboxylic acid groups (broad SMARTS) is 1. The number of benzene rings is 1. The lowest BCUT2D eigenvalue weighted by molar-refractivity contribution is -0.384. The highest BCUT2D eigenvalue weighted by Crippen LogP contribution is 2.33. The van der Waals surface area contributed by atoms with E-state index in [9.17, 15) is 24.5 Å². The summed E-state index contributed by atoms with van der Waals surface area (Å²) in [4.78, 5) is 49.3. The van der Waals surface area contributed by atoms with Crippen LogP contribution in [-0.4, -0.2) is 51.8 Å². The minimum absolute atomic E-state index is 0.0228. The van der Waals surface area contributed by atoms with E-state index < -0.39 is 34.7 Å². The van der Waals surface area contributed by atoms with Crippen molar-refractivity contribution in [1.82, 2.24) is 4.90 Å². The lowest BCUT2D eigenvalue weighted by Gasteiger charge is -2.33. The van der Waals surface area contributed by atoms with Crippen molar-refractivity contribution in [3.63, 3.8) is 0 Å². The Morgan fingerprint density at radius 2 is 1.84 bits per heavy atom. The quantitative estimate of drug-likeness (QED) is 0.490. The zero-order chi connectivity index (χ0) is 18.1. The summed E-state index contributed by atoms with van der Waals surface area (Å²) in [5.41, 5.74) is -0.320. The van der Waals surface area contributed by atoms with Crippen molar-refractivity contribution in [1.29, 1.82) is 0 Å². The Kier molecular flexibility index (Phi) is 4.49. The molecule has 1 atom stereocenters. The summed E-state index contributed by atoms with van der Waals surface area (Å²) in [5.74, 6) is -2.26. The molecule has 2 fully saturated rings. The highest BCUT2D eigenvalue weighted by Gasteiger charge is 2.45. The molecular weight excluding hydrogens is 330 g/mol. The zero-order valence-electron chi connectivity index (χ0n) is 13.3. The number of hydrogen-bond acceptors (Lipinski definition) is 6. The molecule has 0 bridgehead atoms. The lowest BCUT2D eigenvalue weighted by atomic mass is 9.96. The van der Waals surface area contributed by atoms with Crippen molar-refractivity contribution >= 4 is 29.2 Å². The van der Waals surface area contributed by atoms with Crippen LogP contribution in [0.15, 0.2) is 24.3 Å². The number of hydrogen-bond donors (Lipinski definition) is 1. The van der Waals surface area contributed by atoms with Gasteiger partial charge >= 0.3 is 5.97 Å². The number of amides is 2. The highest BCUT2D eigenvalue weighted by molar-refractivity contribution is 6.23. The van der Waals surface area contributed by atoms with Crippen molar-refractivity contribution in [2.24, 2.45) is 5.92 Å². The first-order chi connectivity index (χ1) is 11.9. The van der Waals surface area contributed by atoms with Crippen molar-refractivity contribution in [2.75, 3.05) is 18.0 Å². The molecule has 1 N–H and O–H groups in total. The maximum atomic E-state index is 12.7. The standard InChI is InChI=1S/C16H17N3O6/c20-14-9-13(17-7-5-10(6-8-17)16(22)23)15(21)18(14)11-3-1-2-4-12(11)19(24)25/h1-4,10,13H,5-9H2,(H,22,23)/t13-/m0/s1. The summed E-state index contributed by atoms with van der Waals surface area (Å²) < 4.78 is 0. The topological polar surface area (TPSA) is 121 Å². The maximum Gasteiger partial charge on any atom is 0.306 e. The van der Waals surface area contributed by atoms with Gasteiger partial charge in [-0.05, 0) is 32.0 Å². The minimum atomic E-state index is -0.852. The number of carbonyl (C=O) groups is 3. The van der Waals surface area contributed by atoms with Crippen LogP contribution in [0.3, 0.4) is 0 Å². The Hall–Kier alpha value is -2.81. The largest absolute Gasteiger partial charge is 0.481 e. The summed E-state index contributed by atoms with van der Waals surface area (Å²) in [6.07, 6.45) is 0.778. The van der Waals surface area contributed by atoms with Gasteiger partial charge in [0.15, 0.2) is 0 Å². The third-order valence-electron chi connectivity index (χ3n) is 4.76. The van der Waals surface area contributed by atoms with E-state index in [1.54, 1.807) is 4.90 Å². The molecule has 9 nitrogen and oxygen atoms in total. The molecule has 2 saturated heterocycles. The smallest absolute Gasteiger partial charge is 0.306 e. The lowest BCUT2D eigenvalue weighted by Crippen LogP contribution is -2.46. The third kappa shape index (κ3) is 3.10. The van der Waals surface area contributed by atoms with Crippen molar-refractivity contribution in [2.45, 2.75) is 25.3 Å². The maximum absolute atomic E-state index is 12.7. The number of nitrogens with zero attached hydrogens (tertiary/aromatic N) is 3. The second-order valence-electron chi connectivity index (χ2n) is 6.18. The molecule has 2 amide bonds. The Bertz CT molecular complexity index is 741. The number of nitro benzene ring substituents is 1. The molecule has 0 unspecified atom stereocenters. The number of likely N-dealkylation sites (tertiary alicyclic amines) is 1. The normalized spacial score (nSPS) is 22.4. The first kappa shape index (κ1) is 17.0. The second-order valence-corrected chi connectivity index (χ2v) is 6.18. The van der Waals surface area contributed by atoms with Gasteiger partial charge in [0, 0.05) is 6.07 Å². The molecule has 2 heterocycles. The molecule has 3 rings (SSSR count). The summed E-state index contributed by atoms with van der Waals surface area (Å²) in [7, 11) is 0. The molecule has 9 heteroatoms. The molecule has 0 spiro atoms. The number of rotatable bonds is 4. The fourth-order valence-electron chi connectivity index (χ4n) is 3.42. The van der Waals surface area contributed by atoms with Crippen LogP contribution in [-0.2, 0) is 14.4 Å². The van der Waals surface area contributed by atoms with Crippen LogP contribution in [0.4, 0.5) is 11.4 Å². The fraction of sp³-hybridized carbons (Fsp3) is 0.438. The van der Waals surface area contributed by atoms with Gasteiger partial charge in [-0.1, -0.05) is 12.1 Å². The van der Waals surface area contributed by atoms with Crippen LogP contribution >= 0.6 is 0 Å². The van der Waals surface area contributed by atoms with Gasteiger partial charge in [0.25, 0.3) is 11.6 Å². The predicted octanol–water partition coefficient (Wildman–Crippen LogP) is 1.02. The monoisotopic (exact) mass is 347 g/mol. The molecule has 0 aromatic heterocycles. The zero-order valence-corrected chi connectivity index (χ0v) is 13.3. The molecule has 0 aliphatic carbocycles. The van der Waals surface area contributed by atoms with Gasteiger partial charge in [0.05, 0.1) is 23.3 Å². The number of carbonyl (C=O) groups excluding carboxylic acids is 2. The van der Waals surface area contributed by atoms with E-state index in [-0.39, 0.29) is 17.8 Å². The van der Waals surface area contributed by atoms with Crippen LogP contribution < -0.4 is 4.90 Å². The van der Waals surface area contributed by atoms with Crippen LogP contribution in [0.25, 0.3) is 0 Å². The molecule has 2 aliphatic heterocycles. The highest BCUT2D eigenvalue weighted by atomic mass is 16.6. The SMILES string of the molecule is O=C(O)C1CCN([C@H]2CC(=O)N(c3ccccc3[N+](=O)[O-])C2=O)CC1. The van der Waals surface area contributed by atoms with E-state index in [4.69, 9.17) is 5.11 Å². The number of aliphatic carboxylic acids is 1. The second kappa shape index (κ2) is 6.60. The van der Waals surface area contributed by atoms with Gasteiger partial charge in [-0.3, -0.25) is 29.4 Å². The molecular formula is C16H17N3O6. The summed E-state index contributed by atoms with van der Waals surface area (Å²) in [6.45, 7) is 0.816. The summed E-state index contributed by atoms with van der Waals surface area (Å²) >= 11 is 0.